The van der Waals surface area contributed by atoms with E-state index >= 15 is 0 Å². The third-order valence-electron chi connectivity index (χ3n) is 3.17. The molecule has 0 saturated carbocycles. The predicted molar refractivity (Wildman–Crippen MR) is 97.5 cm³/mol. The number of benzene rings is 1. The summed E-state index contributed by atoms with van der Waals surface area (Å²) in [6.07, 6.45) is 2.09. The summed E-state index contributed by atoms with van der Waals surface area (Å²) in [4.78, 5) is 35.8. The summed E-state index contributed by atoms with van der Waals surface area (Å²) in [6, 6.07) is 7.09. The molecule has 1 aliphatic rings. The smallest absolute Gasteiger partial charge is 0.303 e. The van der Waals surface area contributed by atoms with Gasteiger partial charge in [0.15, 0.2) is 0 Å². The summed E-state index contributed by atoms with van der Waals surface area (Å²) in [6.45, 7) is 1.74. The van der Waals surface area contributed by atoms with Crippen LogP contribution in [0.25, 0.3) is 6.08 Å². The van der Waals surface area contributed by atoms with Crippen LogP contribution in [-0.2, 0) is 14.4 Å². The molecule has 0 aromatic heterocycles. The van der Waals surface area contributed by atoms with Crippen molar-refractivity contribution in [3.63, 3.8) is 0 Å². The number of nitrogens with zero attached hydrogens (tertiary/aromatic N) is 1. The number of anilines is 1. The van der Waals surface area contributed by atoms with E-state index in [9.17, 15) is 14.4 Å². The Kier molecular flexibility index (Phi) is 6.10. The van der Waals surface area contributed by atoms with Gasteiger partial charge in [0.2, 0.25) is 5.91 Å². The number of thioether (sulfide) groups is 1. The van der Waals surface area contributed by atoms with Gasteiger partial charge in [-0.2, -0.15) is 0 Å². The van der Waals surface area contributed by atoms with E-state index in [1.165, 1.54) is 23.6 Å². The van der Waals surface area contributed by atoms with Crippen molar-refractivity contribution in [1.29, 1.82) is 0 Å². The number of rotatable bonds is 6. The maximum atomic E-state index is 12.4. The standard InChI is InChI=1S/C16H16N2O4S2/c1-10(19)17-12-6-4-11(5-7-12)9-13-15(22)18(16(23)24-13)8-2-3-14(20)21/h4-7,9H,2-3,8H2,1H3,(H,17,19)(H,20,21). The lowest BCUT2D eigenvalue weighted by Gasteiger charge is -2.13. The SMILES string of the molecule is CC(=O)Nc1ccc(C=C2SC(=S)N(CCCC(=O)O)C2=O)cc1. The highest BCUT2D eigenvalue weighted by Gasteiger charge is 2.31. The Labute approximate surface area is 148 Å². The Morgan fingerprint density at radius 3 is 2.58 bits per heavy atom. The minimum Gasteiger partial charge on any atom is -0.481 e. The van der Waals surface area contributed by atoms with Crippen molar-refractivity contribution in [2.45, 2.75) is 19.8 Å². The zero-order chi connectivity index (χ0) is 17.7. The summed E-state index contributed by atoms with van der Waals surface area (Å²) in [5.74, 6) is -1.25. The second-order valence-electron chi connectivity index (χ2n) is 5.13. The minimum atomic E-state index is -0.893. The van der Waals surface area contributed by atoms with Gasteiger partial charge in [0.05, 0.1) is 4.91 Å². The van der Waals surface area contributed by atoms with Crippen LogP contribution in [-0.4, -0.2) is 38.7 Å². The molecule has 1 aromatic carbocycles. The van der Waals surface area contributed by atoms with E-state index in [-0.39, 0.29) is 18.2 Å². The van der Waals surface area contributed by atoms with E-state index in [0.717, 1.165) is 5.56 Å². The van der Waals surface area contributed by atoms with Gasteiger partial charge in [-0.05, 0) is 30.2 Å². The minimum absolute atomic E-state index is 0.000713. The molecule has 1 fully saturated rings. The maximum Gasteiger partial charge on any atom is 0.303 e. The number of hydrogen-bond acceptors (Lipinski definition) is 5. The second-order valence-corrected chi connectivity index (χ2v) is 6.81. The molecule has 1 heterocycles. The fourth-order valence-corrected chi connectivity index (χ4v) is 3.41. The summed E-state index contributed by atoms with van der Waals surface area (Å²) in [5, 5.41) is 11.3. The van der Waals surface area contributed by atoms with Crippen molar-refractivity contribution >= 4 is 57.8 Å². The van der Waals surface area contributed by atoms with E-state index in [4.69, 9.17) is 17.3 Å². The van der Waals surface area contributed by atoms with Crippen molar-refractivity contribution in [2.24, 2.45) is 0 Å². The molecule has 0 unspecified atom stereocenters. The number of carbonyl (C=O) groups excluding carboxylic acids is 2. The Hall–Kier alpha value is -2.19. The fourth-order valence-electron chi connectivity index (χ4n) is 2.10. The first-order valence-electron chi connectivity index (χ1n) is 7.21. The topological polar surface area (TPSA) is 86.7 Å². The molecule has 2 N–H and O–H groups in total. The third kappa shape index (κ3) is 4.90. The molecule has 126 valence electrons. The van der Waals surface area contributed by atoms with Crippen LogP contribution in [0.5, 0.6) is 0 Å². The molecule has 2 amide bonds. The number of carboxylic acids is 1. The van der Waals surface area contributed by atoms with Gasteiger partial charge >= 0.3 is 5.97 Å². The highest BCUT2D eigenvalue weighted by molar-refractivity contribution is 8.26. The molecule has 0 radical (unpaired) electrons. The molecule has 1 aromatic rings. The zero-order valence-corrected chi connectivity index (χ0v) is 14.6. The highest BCUT2D eigenvalue weighted by atomic mass is 32.2. The molecule has 24 heavy (non-hydrogen) atoms. The van der Waals surface area contributed by atoms with Gasteiger partial charge in [-0.3, -0.25) is 19.3 Å². The van der Waals surface area contributed by atoms with Crippen molar-refractivity contribution in [3.8, 4) is 0 Å². The predicted octanol–water partition coefficient (Wildman–Crippen LogP) is 2.71. The molecule has 1 aliphatic heterocycles. The Morgan fingerprint density at radius 2 is 2.00 bits per heavy atom. The van der Waals surface area contributed by atoms with Crippen LogP contribution in [0, 0.1) is 0 Å². The number of amides is 2. The molecule has 0 atom stereocenters. The summed E-state index contributed by atoms with van der Waals surface area (Å²) in [5.41, 5.74) is 1.50. The molecule has 2 rings (SSSR count). The van der Waals surface area contributed by atoms with Crippen LogP contribution in [0.1, 0.15) is 25.3 Å². The normalized spacial score (nSPS) is 15.9. The summed E-state index contributed by atoms with van der Waals surface area (Å²) < 4.78 is 0.437. The van der Waals surface area contributed by atoms with Crippen molar-refractivity contribution in [2.75, 3.05) is 11.9 Å². The summed E-state index contributed by atoms with van der Waals surface area (Å²) >= 11 is 6.39. The molecule has 1 saturated heterocycles. The molecule has 0 spiro atoms. The lowest BCUT2D eigenvalue weighted by Crippen LogP contribution is -2.29. The van der Waals surface area contributed by atoms with E-state index in [0.29, 0.717) is 27.9 Å². The molecular weight excluding hydrogens is 348 g/mol. The lowest BCUT2D eigenvalue weighted by molar-refractivity contribution is -0.137. The van der Waals surface area contributed by atoms with Gasteiger partial charge < -0.3 is 10.4 Å². The number of thiocarbonyl (C=S) groups is 1. The molecule has 0 bridgehead atoms. The van der Waals surface area contributed by atoms with E-state index in [1.54, 1.807) is 30.3 Å². The molecular formula is C16H16N2O4S2. The second kappa shape index (κ2) is 8.07. The number of nitrogens with one attached hydrogen (secondary N) is 1. The largest absolute Gasteiger partial charge is 0.481 e. The van der Waals surface area contributed by atoms with Crippen LogP contribution in [0.3, 0.4) is 0 Å². The van der Waals surface area contributed by atoms with Gasteiger partial charge in [-0.1, -0.05) is 36.1 Å². The van der Waals surface area contributed by atoms with E-state index in [1.807, 2.05) is 0 Å². The average molecular weight is 364 g/mol. The first kappa shape index (κ1) is 18.2. The molecule has 6 nitrogen and oxygen atoms in total. The Bertz CT molecular complexity index is 713. The fraction of sp³-hybridized carbons (Fsp3) is 0.250. The Morgan fingerprint density at radius 1 is 1.33 bits per heavy atom. The van der Waals surface area contributed by atoms with Crippen molar-refractivity contribution < 1.29 is 19.5 Å². The van der Waals surface area contributed by atoms with Gasteiger partial charge in [0.25, 0.3) is 5.91 Å². The first-order valence-corrected chi connectivity index (χ1v) is 8.44. The molecule has 8 heteroatoms. The van der Waals surface area contributed by atoms with Gasteiger partial charge in [-0.25, -0.2) is 0 Å². The van der Waals surface area contributed by atoms with Crippen LogP contribution in [0.2, 0.25) is 0 Å². The highest BCUT2D eigenvalue weighted by Crippen LogP contribution is 2.32. The van der Waals surface area contributed by atoms with Crippen LogP contribution >= 0.6 is 24.0 Å². The van der Waals surface area contributed by atoms with Gasteiger partial charge in [0.1, 0.15) is 4.32 Å². The van der Waals surface area contributed by atoms with Gasteiger partial charge in [0, 0.05) is 25.6 Å². The average Bonchev–Trinajstić information content (AvgIpc) is 2.76. The van der Waals surface area contributed by atoms with E-state index < -0.39 is 5.97 Å². The molecule has 0 aliphatic carbocycles. The van der Waals surface area contributed by atoms with Crippen molar-refractivity contribution in [3.05, 3.63) is 34.7 Å². The Balaban J connectivity index is 2.05. The number of carboxylic acid groups (broad SMARTS) is 1. The maximum absolute atomic E-state index is 12.4. The number of aliphatic carboxylic acids is 1. The number of carbonyl (C=O) groups is 3. The van der Waals surface area contributed by atoms with Gasteiger partial charge in [-0.15, -0.1) is 0 Å². The van der Waals surface area contributed by atoms with E-state index in [2.05, 4.69) is 5.32 Å². The third-order valence-corrected chi connectivity index (χ3v) is 4.55. The summed E-state index contributed by atoms with van der Waals surface area (Å²) in [7, 11) is 0. The lowest BCUT2D eigenvalue weighted by atomic mass is 10.2. The van der Waals surface area contributed by atoms with Crippen LogP contribution < -0.4 is 5.32 Å². The first-order chi connectivity index (χ1) is 11.4. The number of hydrogen-bond donors (Lipinski definition) is 2. The van der Waals surface area contributed by atoms with Crippen LogP contribution in [0.4, 0.5) is 5.69 Å². The zero-order valence-electron chi connectivity index (χ0n) is 12.9. The quantitative estimate of drug-likeness (QED) is 0.596. The van der Waals surface area contributed by atoms with Crippen LogP contribution in [0.15, 0.2) is 29.2 Å². The van der Waals surface area contributed by atoms with Crippen molar-refractivity contribution in [1.82, 2.24) is 4.90 Å². The monoisotopic (exact) mass is 364 g/mol.